The molecule has 1 heterocycles. The van der Waals surface area contributed by atoms with E-state index in [2.05, 4.69) is 10.3 Å². The molecule has 0 unspecified atom stereocenters. The number of hydrogen-bond acceptors (Lipinski definition) is 5. The van der Waals surface area contributed by atoms with Crippen LogP contribution in [0.2, 0.25) is 9.36 Å². The van der Waals surface area contributed by atoms with Crippen molar-refractivity contribution < 1.29 is 8.42 Å². The number of rotatable bonds is 4. The van der Waals surface area contributed by atoms with E-state index in [0.717, 1.165) is 17.0 Å². The third-order valence-electron chi connectivity index (χ3n) is 2.96. The molecule has 118 valence electrons. The van der Waals surface area contributed by atoms with Crippen molar-refractivity contribution in [3.05, 3.63) is 64.0 Å². The van der Waals surface area contributed by atoms with Gasteiger partial charge in [-0.15, -0.1) is 0 Å². The molecule has 4 nitrogen and oxygen atoms in total. The fraction of sp³-hybridized carbons (Fsp3) is 0. The van der Waals surface area contributed by atoms with Gasteiger partial charge in [-0.05, 0) is 36.4 Å². The molecule has 0 fully saturated rings. The lowest BCUT2D eigenvalue weighted by atomic mass is 10.3. The summed E-state index contributed by atoms with van der Waals surface area (Å²) in [5, 5.41) is 3.74. The van der Waals surface area contributed by atoms with E-state index < -0.39 is 9.84 Å². The predicted molar refractivity (Wildman–Crippen MR) is 93.8 cm³/mol. The van der Waals surface area contributed by atoms with E-state index in [9.17, 15) is 8.42 Å². The van der Waals surface area contributed by atoms with Gasteiger partial charge in [0.25, 0.3) is 0 Å². The summed E-state index contributed by atoms with van der Waals surface area (Å²) < 4.78 is 25.4. The van der Waals surface area contributed by atoms with Gasteiger partial charge in [-0.25, -0.2) is 13.4 Å². The van der Waals surface area contributed by atoms with Crippen LogP contribution in [-0.4, -0.2) is 13.4 Å². The maximum absolute atomic E-state index is 12.6. The molecule has 3 aromatic rings. The van der Waals surface area contributed by atoms with Crippen LogP contribution >= 0.6 is 34.5 Å². The number of benzene rings is 2. The summed E-state index contributed by atoms with van der Waals surface area (Å²) in [6, 6.07) is 15.2. The monoisotopic (exact) mass is 384 g/mol. The summed E-state index contributed by atoms with van der Waals surface area (Å²) in [5.74, 6) is 0. The van der Waals surface area contributed by atoms with Gasteiger partial charge in [-0.3, -0.25) is 0 Å². The first-order chi connectivity index (χ1) is 11.0. The second kappa shape index (κ2) is 6.49. The number of aromatic nitrogens is 1. The molecule has 0 aliphatic rings. The molecule has 1 N–H and O–H groups in total. The van der Waals surface area contributed by atoms with Gasteiger partial charge in [0.2, 0.25) is 9.84 Å². The first kappa shape index (κ1) is 16.3. The zero-order valence-electron chi connectivity index (χ0n) is 11.5. The van der Waals surface area contributed by atoms with E-state index in [1.54, 1.807) is 0 Å². The number of para-hydroxylation sites is 1. The first-order valence-corrected chi connectivity index (χ1v) is 9.51. The first-order valence-electron chi connectivity index (χ1n) is 6.46. The number of nitrogens with zero attached hydrogens (tertiary/aromatic N) is 1. The summed E-state index contributed by atoms with van der Waals surface area (Å²) in [6.07, 6.45) is 0. The Bertz CT molecular complexity index is 924. The van der Waals surface area contributed by atoms with Crippen LogP contribution in [0.25, 0.3) is 0 Å². The highest BCUT2D eigenvalue weighted by molar-refractivity contribution is 7.91. The largest absolute Gasteiger partial charge is 0.331 e. The van der Waals surface area contributed by atoms with E-state index >= 15 is 0 Å². The van der Waals surface area contributed by atoms with E-state index in [1.165, 1.54) is 24.3 Å². The normalized spacial score (nSPS) is 11.4. The van der Waals surface area contributed by atoms with E-state index in [1.807, 2.05) is 30.3 Å². The van der Waals surface area contributed by atoms with E-state index in [0.29, 0.717) is 10.2 Å². The van der Waals surface area contributed by atoms with Crippen molar-refractivity contribution >= 4 is 55.2 Å². The summed E-state index contributed by atoms with van der Waals surface area (Å²) in [4.78, 5) is 4.23. The highest BCUT2D eigenvalue weighted by Gasteiger charge is 2.25. The van der Waals surface area contributed by atoms with Crippen molar-refractivity contribution in [2.45, 2.75) is 9.92 Å². The number of thiazole rings is 1. The SMILES string of the molecule is O=S(=O)(c1ccc(Cl)cc1)c1nc(Nc2ccccc2)sc1Cl. The zero-order valence-corrected chi connectivity index (χ0v) is 14.7. The fourth-order valence-electron chi connectivity index (χ4n) is 1.88. The minimum atomic E-state index is -3.79. The van der Waals surface area contributed by atoms with Crippen LogP contribution in [0.15, 0.2) is 64.5 Å². The van der Waals surface area contributed by atoms with Crippen molar-refractivity contribution in [3.63, 3.8) is 0 Å². The molecule has 2 aromatic carbocycles. The molecular weight excluding hydrogens is 375 g/mol. The van der Waals surface area contributed by atoms with Gasteiger partial charge < -0.3 is 5.32 Å². The average Bonchev–Trinajstić information content (AvgIpc) is 2.90. The quantitative estimate of drug-likeness (QED) is 0.685. The van der Waals surface area contributed by atoms with Gasteiger partial charge in [0.05, 0.1) is 4.90 Å². The number of anilines is 2. The summed E-state index contributed by atoms with van der Waals surface area (Å²) in [7, 11) is -3.79. The average molecular weight is 385 g/mol. The van der Waals surface area contributed by atoms with Gasteiger partial charge >= 0.3 is 0 Å². The van der Waals surface area contributed by atoms with Gasteiger partial charge in [-0.1, -0.05) is 52.7 Å². The molecule has 0 aliphatic carbocycles. The van der Waals surface area contributed by atoms with Crippen molar-refractivity contribution in [1.82, 2.24) is 4.98 Å². The van der Waals surface area contributed by atoms with Crippen molar-refractivity contribution in [3.8, 4) is 0 Å². The molecule has 8 heteroatoms. The van der Waals surface area contributed by atoms with E-state index in [4.69, 9.17) is 23.2 Å². The summed E-state index contributed by atoms with van der Waals surface area (Å²) >= 11 is 12.9. The fourth-order valence-corrected chi connectivity index (χ4v) is 4.83. The topological polar surface area (TPSA) is 59.1 Å². The lowest BCUT2D eigenvalue weighted by molar-refractivity contribution is 0.593. The third kappa shape index (κ3) is 3.50. The number of halogens is 2. The molecule has 0 bridgehead atoms. The Morgan fingerprint density at radius 2 is 1.61 bits per heavy atom. The molecule has 0 radical (unpaired) electrons. The molecule has 1 aromatic heterocycles. The summed E-state index contributed by atoms with van der Waals surface area (Å²) in [5.41, 5.74) is 0.799. The molecule has 0 spiro atoms. The van der Waals surface area contributed by atoms with Crippen molar-refractivity contribution in [1.29, 1.82) is 0 Å². The van der Waals surface area contributed by atoms with Crippen LogP contribution < -0.4 is 5.32 Å². The highest BCUT2D eigenvalue weighted by Crippen LogP contribution is 2.35. The van der Waals surface area contributed by atoms with Crippen molar-refractivity contribution in [2.75, 3.05) is 5.32 Å². The van der Waals surface area contributed by atoms with Crippen molar-refractivity contribution in [2.24, 2.45) is 0 Å². The molecule has 0 amide bonds. The zero-order chi connectivity index (χ0) is 16.4. The van der Waals surface area contributed by atoms with Gasteiger partial charge in [-0.2, -0.15) is 0 Å². The number of hydrogen-bond donors (Lipinski definition) is 1. The van der Waals surface area contributed by atoms with Gasteiger partial charge in [0.15, 0.2) is 10.2 Å². The molecular formula is C15H10Cl2N2O2S2. The van der Waals surface area contributed by atoms with Crippen LogP contribution in [0, 0.1) is 0 Å². The lowest BCUT2D eigenvalue weighted by Gasteiger charge is -2.02. The Kier molecular flexibility index (Phi) is 4.59. The number of nitrogens with one attached hydrogen (secondary N) is 1. The molecule has 0 saturated heterocycles. The standard InChI is InChI=1S/C15H10Cl2N2O2S2/c16-10-6-8-12(9-7-10)23(20,21)14-13(17)22-15(19-14)18-11-4-2-1-3-5-11/h1-9H,(H,18,19). The summed E-state index contributed by atoms with van der Waals surface area (Å²) in [6.45, 7) is 0. The highest BCUT2D eigenvalue weighted by atomic mass is 35.5. The smallest absolute Gasteiger partial charge is 0.226 e. The van der Waals surface area contributed by atoms with Crippen LogP contribution in [0.4, 0.5) is 10.8 Å². The second-order valence-electron chi connectivity index (χ2n) is 4.55. The molecule has 0 saturated carbocycles. The Morgan fingerprint density at radius 1 is 0.957 bits per heavy atom. The Hall–Kier alpha value is -1.60. The predicted octanol–water partition coefficient (Wildman–Crippen LogP) is 5.03. The van der Waals surface area contributed by atoms with Crippen LogP contribution in [0.5, 0.6) is 0 Å². The molecule has 0 aliphatic heterocycles. The van der Waals surface area contributed by atoms with E-state index in [-0.39, 0.29) is 14.3 Å². The third-order valence-corrected chi connectivity index (χ3v) is 6.32. The molecule has 3 rings (SSSR count). The minimum Gasteiger partial charge on any atom is -0.331 e. The Morgan fingerprint density at radius 3 is 2.26 bits per heavy atom. The lowest BCUT2D eigenvalue weighted by Crippen LogP contribution is -2.03. The van der Waals surface area contributed by atoms with Crippen LogP contribution in [-0.2, 0) is 9.84 Å². The van der Waals surface area contributed by atoms with Gasteiger partial charge in [0, 0.05) is 10.7 Å². The Labute approximate surface area is 147 Å². The number of sulfone groups is 1. The molecule has 0 atom stereocenters. The molecule has 23 heavy (non-hydrogen) atoms. The second-order valence-corrected chi connectivity index (χ2v) is 8.45. The maximum atomic E-state index is 12.6. The van der Waals surface area contributed by atoms with Crippen LogP contribution in [0.1, 0.15) is 0 Å². The Balaban J connectivity index is 1.95. The maximum Gasteiger partial charge on any atom is 0.226 e. The van der Waals surface area contributed by atoms with Crippen LogP contribution in [0.3, 0.4) is 0 Å². The van der Waals surface area contributed by atoms with Gasteiger partial charge in [0.1, 0.15) is 4.34 Å². The minimum absolute atomic E-state index is 0.0976.